The Bertz CT molecular complexity index is 959. The van der Waals surface area contributed by atoms with E-state index in [0.717, 1.165) is 72.7 Å². The number of anilines is 1. The second kappa shape index (κ2) is 7.43. The summed E-state index contributed by atoms with van der Waals surface area (Å²) in [4.78, 5) is 9.47. The first kappa shape index (κ1) is 18.7. The number of rotatable bonds is 3. The van der Waals surface area contributed by atoms with Gasteiger partial charge >= 0.3 is 6.18 Å². The number of aromatic nitrogens is 1. The fraction of sp³-hybridized carbons (Fsp3) is 0.318. The van der Waals surface area contributed by atoms with Crippen LogP contribution in [0.25, 0.3) is 22.0 Å². The highest BCUT2D eigenvalue weighted by molar-refractivity contribution is 5.96. The summed E-state index contributed by atoms with van der Waals surface area (Å²) in [6.07, 6.45) is -4.33. The van der Waals surface area contributed by atoms with Gasteiger partial charge in [-0.3, -0.25) is 0 Å². The highest BCUT2D eigenvalue weighted by Gasteiger charge is 2.30. The topological polar surface area (TPSA) is 19.4 Å². The molecule has 28 heavy (non-hydrogen) atoms. The predicted molar refractivity (Wildman–Crippen MR) is 107 cm³/mol. The van der Waals surface area contributed by atoms with Crippen LogP contribution in [0, 0.1) is 0 Å². The lowest BCUT2D eigenvalue weighted by Crippen LogP contribution is -2.46. The van der Waals surface area contributed by atoms with Gasteiger partial charge < -0.3 is 9.80 Å². The Labute approximate surface area is 162 Å². The number of hydrogen-bond acceptors (Lipinski definition) is 3. The average Bonchev–Trinajstić information content (AvgIpc) is 2.72. The Balaban J connectivity index is 1.75. The van der Waals surface area contributed by atoms with Crippen LogP contribution >= 0.6 is 0 Å². The zero-order valence-corrected chi connectivity index (χ0v) is 15.7. The molecule has 2 heterocycles. The first-order valence-electron chi connectivity index (χ1n) is 9.50. The SMILES string of the molecule is CCN1CCN(c2cc(-c3ccc(C(F)(F)F)cc3)c3ccccc3n2)CC1. The van der Waals surface area contributed by atoms with Crippen LogP contribution in [0.1, 0.15) is 12.5 Å². The van der Waals surface area contributed by atoms with Crippen molar-refractivity contribution in [3.63, 3.8) is 0 Å². The molecule has 0 saturated carbocycles. The molecule has 0 amide bonds. The van der Waals surface area contributed by atoms with E-state index in [1.807, 2.05) is 30.3 Å². The van der Waals surface area contributed by atoms with Gasteiger partial charge in [-0.25, -0.2) is 4.98 Å². The van der Waals surface area contributed by atoms with Crippen molar-refractivity contribution in [1.82, 2.24) is 9.88 Å². The molecule has 3 nitrogen and oxygen atoms in total. The number of fused-ring (bicyclic) bond motifs is 1. The lowest BCUT2D eigenvalue weighted by Gasteiger charge is -2.35. The molecule has 0 radical (unpaired) electrons. The third-order valence-electron chi connectivity index (χ3n) is 5.37. The van der Waals surface area contributed by atoms with Crippen LogP contribution in [-0.2, 0) is 6.18 Å². The van der Waals surface area contributed by atoms with E-state index < -0.39 is 11.7 Å². The van der Waals surface area contributed by atoms with E-state index in [-0.39, 0.29) is 0 Å². The molecule has 2 aromatic carbocycles. The van der Waals surface area contributed by atoms with Crippen molar-refractivity contribution in [3.8, 4) is 11.1 Å². The maximum atomic E-state index is 12.9. The van der Waals surface area contributed by atoms with Crippen molar-refractivity contribution in [2.24, 2.45) is 0 Å². The third kappa shape index (κ3) is 3.69. The zero-order valence-electron chi connectivity index (χ0n) is 15.7. The predicted octanol–water partition coefficient (Wildman–Crippen LogP) is 5.06. The van der Waals surface area contributed by atoms with Gasteiger partial charge in [-0.15, -0.1) is 0 Å². The summed E-state index contributed by atoms with van der Waals surface area (Å²) in [5.74, 6) is 0.879. The molecule has 146 valence electrons. The molecule has 0 unspecified atom stereocenters. The third-order valence-corrected chi connectivity index (χ3v) is 5.37. The van der Waals surface area contributed by atoms with Crippen LogP contribution in [0.15, 0.2) is 54.6 Å². The summed E-state index contributed by atoms with van der Waals surface area (Å²) in [5, 5.41) is 0.943. The minimum absolute atomic E-state index is 0.634. The van der Waals surface area contributed by atoms with E-state index in [9.17, 15) is 13.2 Å². The molecule has 1 aliphatic heterocycles. The summed E-state index contributed by atoms with van der Waals surface area (Å²) in [6.45, 7) is 6.96. The van der Waals surface area contributed by atoms with E-state index in [4.69, 9.17) is 4.98 Å². The maximum absolute atomic E-state index is 12.9. The van der Waals surface area contributed by atoms with E-state index in [1.54, 1.807) is 12.1 Å². The normalized spacial score (nSPS) is 15.9. The number of hydrogen-bond donors (Lipinski definition) is 0. The van der Waals surface area contributed by atoms with Gasteiger partial charge in [0.25, 0.3) is 0 Å². The molecule has 3 aromatic rings. The molecular formula is C22H22F3N3. The highest BCUT2D eigenvalue weighted by atomic mass is 19.4. The second-order valence-electron chi connectivity index (χ2n) is 7.04. The fourth-order valence-corrected chi connectivity index (χ4v) is 3.69. The van der Waals surface area contributed by atoms with Gasteiger partial charge in [0, 0.05) is 31.6 Å². The second-order valence-corrected chi connectivity index (χ2v) is 7.04. The number of piperazine rings is 1. The van der Waals surface area contributed by atoms with Gasteiger partial charge in [-0.2, -0.15) is 13.2 Å². The lowest BCUT2D eigenvalue weighted by molar-refractivity contribution is -0.137. The number of halogens is 3. The highest BCUT2D eigenvalue weighted by Crippen LogP contribution is 2.34. The van der Waals surface area contributed by atoms with Gasteiger partial charge in [0.15, 0.2) is 0 Å². The van der Waals surface area contributed by atoms with Gasteiger partial charge in [0.05, 0.1) is 11.1 Å². The molecule has 4 rings (SSSR count). The molecule has 1 fully saturated rings. The van der Waals surface area contributed by atoms with Crippen LogP contribution in [0.4, 0.5) is 19.0 Å². The summed E-state index contributed by atoms with van der Waals surface area (Å²) < 4.78 is 38.8. The van der Waals surface area contributed by atoms with Crippen LogP contribution < -0.4 is 4.90 Å². The number of pyridine rings is 1. The van der Waals surface area contributed by atoms with Crippen molar-refractivity contribution in [2.75, 3.05) is 37.6 Å². The Hall–Kier alpha value is -2.60. The number of alkyl halides is 3. The molecule has 1 aliphatic rings. The summed E-state index contributed by atoms with van der Waals surface area (Å²) in [7, 11) is 0. The van der Waals surface area contributed by atoms with E-state index >= 15 is 0 Å². The number of para-hydroxylation sites is 1. The van der Waals surface area contributed by atoms with Crippen molar-refractivity contribution < 1.29 is 13.2 Å². The van der Waals surface area contributed by atoms with Crippen molar-refractivity contribution in [1.29, 1.82) is 0 Å². The van der Waals surface area contributed by atoms with Gasteiger partial charge in [0.1, 0.15) is 5.82 Å². The zero-order chi connectivity index (χ0) is 19.7. The monoisotopic (exact) mass is 385 g/mol. The molecule has 0 spiro atoms. The van der Waals surface area contributed by atoms with Crippen molar-refractivity contribution in [3.05, 3.63) is 60.2 Å². The van der Waals surface area contributed by atoms with Crippen molar-refractivity contribution in [2.45, 2.75) is 13.1 Å². The molecule has 0 atom stereocenters. The van der Waals surface area contributed by atoms with E-state index in [2.05, 4.69) is 16.7 Å². The summed E-state index contributed by atoms with van der Waals surface area (Å²) in [6, 6.07) is 15.2. The lowest BCUT2D eigenvalue weighted by atomic mass is 9.99. The Kier molecular flexibility index (Phi) is 4.98. The average molecular weight is 385 g/mol. The number of likely N-dealkylation sites (N-methyl/N-ethyl adjacent to an activating group) is 1. The van der Waals surface area contributed by atoms with Crippen molar-refractivity contribution >= 4 is 16.7 Å². The Morgan fingerprint density at radius 1 is 0.929 bits per heavy atom. The minimum Gasteiger partial charge on any atom is -0.354 e. The minimum atomic E-state index is -4.33. The standard InChI is InChI=1S/C22H22F3N3/c1-2-27-11-13-28(14-12-27)21-15-19(18-5-3-4-6-20(18)26-21)16-7-9-17(10-8-16)22(23,24)25/h3-10,15H,2,11-14H2,1H3. The first-order valence-corrected chi connectivity index (χ1v) is 9.50. The first-order chi connectivity index (χ1) is 13.5. The molecule has 0 aliphatic carbocycles. The number of nitrogens with zero attached hydrogens (tertiary/aromatic N) is 3. The molecule has 6 heteroatoms. The molecule has 0 N–H and O–H groups in total. The molecule has 1 aromatic heterocycles. The smallest absolute Gasteiger partial charge is 0.354 e. The summed E-state index contributed by atoms with van der Waals surface area (Å²) >= 11 is 0. The largest absolute Gasteiger partial charge is 0.416 e. The fourth-order valence-electron chi connectivity index (χ4n) is 3.69. The Morgan fingerprint density at radius 3 is 2.25 bits per heavy atom. The molecular weight excluding hydrogens is 363 g/mol. The summed E-state index contributed by atoms with van der Waals surface area (Å²) in [5.41, 5.74) is 1.89. The molecule has 1 saturated heterocycles. The van der Waals surface area contributed by atoms with Crippen LogP contribution in [0.5, 0.6) is 0 Å². The Morgan fingerprint density at radius 2 is 1.61 bits per heavy atom. The maximum Gasteiger partial charge on any atom is 0.416 e. The van der Waals surface area contributed by atoms with Crippen LogP contribution in [-0.4, -0.2) is 42.6 Å². The van der Waals surface area contributed by atoms with Gasteiger partial charge in [-0.1, -0.05) is 37.3 Å². The quantitative estimate of drug-likeness (QED) is 0.628. The van der Waals surface area contributed by atoms with E-state index in [1.165, 1.54) is 0 Å². The van der Waals surface area contributed by atoms with Crippen LogP contribution in [0.3, 0.4) is 0 Å². The molecule has 0 bridgehead atoms. The van der Waals surface area contributed by atoms with E-state index in [0.29, 0.717) is 0 Å². The van der Waals surface area contributed by atoms with Gasteiger partial charge in [0.2, 0.25) is 0 Å². The number of benzene rings is 2. The van der Waals surface area contributed by atoms with Gasteiger partial charge in [-0.05, 0) is 41.9 Å². The van der Waals surface area contributed by atoms with Crippen LogP contribution in [0.2, 0.25) is 0 Å².